The molecule has 0 amide bonds. The minimum absolute atomic E-state index is 0.641. The fourth-order valence-electron chi connectivity index (χ4n) is 0.708. The predicted molar refractivity (Wildman–Crippen MR) is 40.9 cm³/mol. The molecule has 0 aliphatic carbocycles. The minimum atomic E-state index is 0.641. The number of ether oxygens (including phenoxy) is 1. The number of rotatable bonds is 2. The zero-order chi connectivity index (χ0) is 7.40. The van der Waals surface area contributed by atoms with Crippen molar-refractivity contribution in [1.29, 1.82) is 0 Å². The van der Waals surface area contributed by atoms with Gasteiger partial charge in [0.25, 0.3) is 0 Å². The van der Waals surface area contributed by atoms with E-state index in [0.29, 0.717) is 18.0 Å². The van der Waals surface area contributed by atoms with Crippen LogP contribution in [-0.2, 0) is 0 Å². The van der Waals surface area contributed by atoms with E-state index in [4.69, 9.17) is 10.5 Å². The van der Waals surface area contributed by atoms with Crippen LogP contribution in [-0.4, -0.2) is 6.61 Å². The van der Waals surface area contributed by atoms with Crippen molar-refractivity contribution in [2.75, 3.05) is 12.3 Å². The van der Waals surface area contributed by atoms with Crippen LogP contribution in [0.5, 0.6) is 5.75 Å². The van der Waals surface area contributed by atoms with Crippen molar-refractivity contribution in [3.05, 3.63) is 24.3 Å². The van der Waals surface area contributed by atoms with E-state index in [-0.39, 0.29) is 0 Å². The third kappa shape index (κ3) is 1.41. The molecule has 0 fully saturated rings. The summed E-state index contributed by atoms with van der Waals surface area (Å²) >= 11 is 0. The Balaban J connectivity index is 2.81. The molecular weight excluding hydrogens is 126 g/mol. The van der Waals surface area contributed by atoms with Crippen LogP contribution in [0.25, 0.3) is 0 Å². The van der Waals surface area contributed by atoms with E-state index in [9.17, 15) is 0 Å². The van der Waals surface area contributed by atoms with E-state index in [1.165, 1.54) is 0 Å². The molecule has 1 aromatic rings. The van der Waals surface area contributed by atoms with Gasteiger partial charge in [-0.25, -0.2) is 0 Å². The van der Waals surface area contributed by atoms with Crippen LogP contribution in [0.15, 0.2) is 18.2 Å². The number of hydrogen-bond donors (Lipinski definition) is 1. The van der Waals surface area contributed by atoms with Crippen molar-refractivity contribution < 1.29 is 4.74 Å². The van der Waals surface area contributed by atoms with Gasteiger partial charge in [-0.3, -0.25) is 0 Å². The predicted octanol–water partition coefficient (Wildman–Crippen LogP) is 1.47. The molecule has 0 heterocycles. The van der Waals surface area contributed by atoms with Crippen LogP contribution in [0.1, 0.15) is 6.92 Å². The number of benzene rings is 1. The molecule has 0 aliphatic rings. The third-order valence-corrected chi connectivity index (χ3v) is 1.16. The van der Waals surface area contributed by atoms with E-state index in [2.05, 4.69) is 6.07 Å². The molecular formula is C8H10NO. The van der Waals surface area contributed by atoms with Crippen LogP contribution >= 0.6 is 0 Å². The minimum Gasteiger partial charge on any atom is -0.492 e. The first-order valence-corrected chi connectivity index (χ1v) is 3.23. The maximum absolute atomic E-state index is 5.56. The molecule has 0 bridgehead atoms. The highest BCUT2D eigenvalue weighted by Crippen LogP contribution is 2.18. The van der Waals surface area contributed by atoms with Gasteiger partial charge in [0.1, 0.15) is 5.75 Å². The maximum Gasteiger partial charge on any atom is 0.142 e. The van der Waals surface area contributed by atoms with E-state index < -0.39 is 0 Å². The summed E-state index contributed by atoms with van der Waals surface area (Å²) in [5, 5.41) is 0. The van der Waals surface area contributed by atoms with Crippen molar-refractivity contribution in [2.24, 2.45) is 0 Å². The number of anilines is 1. The summed E-state index contributed by atoms with van der Waals surface area (Å²) in [6.45, 7) is 2.56. The summed E-state index contributed by atoms with van der Waals surface area (Å²) in [7, 11) is 0. The lowest BCUT2D eigenvalue weighted by Crippen LogP contribution is -1.95. The van der Waals surface area contributed by atoms with Gasteiger partial charge in [-0.15, -0.1) is 0 Å². The van der Waals surface area contributed by atoms with Crippen LogP contribution in [0, 0.1) is 6.07 Å². The Kier molecular flexibility index (Phi) is 2.15. The normalized spacial score (nSPS) is 9.30. The van der Waals surface area contributed by atoms with Crippen molar-refractivity contribution in [1.82, 2.24) is 0 Å². The molecule has 1 radical (unpaired) electrons. The molecule has 1 rings (SSSR count). The molecule has 0 atom stereocenters. The van der Waals surface area contributed by atoms with Crippen LogP contribution in [0.2, 0.25) is 0 Å². The molecule has 0 saturated carbocycles. The molecule has 2 heteroatoms. The Bertz CT molecular complexity index is 210. The zero-order valence-electron chi connectivity index (χ0n) is 5.92. The molecule has 2 nitrogen and oxygen atoms in total. The lowest BCUT2D eigenvalue weighted by molar-refractivity contribution is 0.342. The molecule has 53 valence electrons. The van der Waals surface area contributed by atoms with Gasteiger partial charge >= 0.3 is 0 Å². The van der Waals surface area contributed by atoms with E-state index >= 15 is 0 Å². The van der Waals surface area contributed by atoms with Crippen LogP contribution in [0.3, 0.4) is 0 Å². The van der Waals surface area contributed by atoms with Crippen molar-refractivity contribution in [2.45, 2.75) is 6.92 Å². The van der Waals surface area contributed by atoms with E-state index in [1.54, 1.807) is 18.2 Å². The maximum atomic E-state index is 5.56. The number of nitrogen functional groups attached to an aromatic ring is 1. The van der Waals surface area contributed by atoms with Gasteiger partial charge in [0.15, 0.2) is 0 Å². The van der Waals surface area contributed by atoms with Crippen molar-refractivity contribution in [3.8, 4) is 5.75 Å². The average molecular weight is 136 g/mol. The molecule has 0 unspecified atom stereocenters. The number of hydrogen-bond acceptors (Lipinski definition) is 2. The first kappa shape index (κ1) is 6.93. The molecule has 0 aromatic heterocycles. The first-order valence-electron chi connectivity index (χ1n) is 3.23. The fourth-order valence-corrected chi connectivity index (χ4v) is 0.708. The van der Waals surface area contributed by atoms with E-state index in [0.717, 1.165) is 0 Å². The molecule has 2 N–H and O–H groups in total. The lowest BCUT2D eigenvalue weighted by atomic mass is 10.3. The number of nitrogens with two attached hydrogens (primary N) is 1. The largest absolute Gasteiger partial charge is 0.492 e. The van der Waals surface area contributed by atoms with Gasteiger partial charge in [0.05, 0.1) is 12.3 Å². The SMILES string of the molecule is CCOc1c[c]ccc1N. The fraction of sp³-hybridized carbons (Fsp3) is 0.250. The van der Waals surface area contributed by atoms with Gasteiger partial charge in [0.2, 0.25) is 0 Å². The van der Waals surface area contributed by atoms with Gasteiger partial charge in [0, 0.05) is 0 Å². The second-order valence-corrected chi connectivity index (χ2v) is 1.90. The second-order valence-electron chi connectivity index (χ2n) is 1.90. The van der Waals surface area contributed by atoms with Crippen LogP contribution < -0.4 is 10.5 Å². The van der Waals surface area contributed by atoms with Gasteiger partial charge in [-0.05, 0) is 25.1 Å². The topological polar surface area (TPSA) is 35.2 Å². The zero-order valence-corrected chi connectivity index (χ0v) is 5.92. The Morgan fingerprint density at radius 2 is 2.50 bits per heavy atom. The smallest absolute Gasteiger partial charge is 0.142 e. The monoisotopic (exact) mass is 136 g/mol. The Morgan fingerprint density at radius 3 is 3.10 bits per heavy atom. The summed E-state index contributed by atoms with van der Waals surface area (Å²) < 4.78 is 5.18. The highest BCUT2D eigenvalue weighted by molar-refractivity contribution is 5.51. The third-order valence-electron chi connectivity index (χ3n) is 1.16. The standard InChI is InChI=1S/C8H10NO/c1-2-10-8-6-4-3-5-7(8)9/h3,5-6H,2,9H2,1H3. The molecule has 1 aromatic carbocycles. The van der Waals surface area contributed by atoms with Crippen LogP contribution in [0.4, 0.5) is 5.69 Å². The van der Waals surface area contributed by atoms with Gasteiger partial charge in [-0.2, -0.15) is 0 Å². The Hall–Kier alpha value is -1.18. The summed E-state index contributed by atoms with van der Waals surface area (Å²) in [5.41, 5.74) is 6.23. The van der Waals surface area contributed by atoms with Gasteiger partial charge < -0.3 is 10.5 Å². The average Bonchev–Trinajstić information content (AvgIpc) is 1.94. The van der Waals surface area contributed by atoms with Crippen molar-refractivity contribution >= 4 is 5.69 Å². The summed E-state index contributed by atoms with van der Waals surface area (Å²) in [4.78, 5) is 0. The lowest BCUT2D eigenvalue weighted by Gasteiger charge is -2.03. The van der Waals surface area contributed by atoms with Gasteiger partial charge in [-0.1, -0.05) is 6.07 Å². The van der Waals surface area contributed by atoms with Crippen molar-refractivity contribution in [3.63, 3.8) is 0 Å². The highest BCUT2D eigenvalue weighted by atomic mass is 16.5. The second kappa shape index (κ2) is 3.11. The Morgan fingerprint density at radius 1 is 1.70 bits per heavy atom. The molecule has 0 saturated heterocycles. The molecule has 0 aliphatic heterocycles. The quantitative estimate of drug-likeness (QED) is 0.625. The molecule has 10 heavy (non-hydrogen) atoms. The summed E-state index contributed by atoms with van der Waals surface area (Å²) in [6.07, 6.45) is 0. The Labute approximate surface area is 60.6 Å². The summed E-state index contributed by atoms with van der Waals surface area (Å²) in [5.74, 6) is 0.713. The first-order chi connectivity index (χ1) is 4.84. The molecule has 0 spiro atoms. The summed E-state index contributed by atoms with van der Waals surface area (Å²) in [6, 6.07) is 8.15. The van der Waals surface area contributed by atoms with E-state index in [1.807, 2.05) is 6.92 Å². The highest BCUT2D eigenvalue weighted by Gasteiger charge is 1.94.